The van der Waals surface area contributed by atoms with Gasteiger partial charge in [0.15, 0.2) is 5.96 Å². The Morgan fingerprint density at radius 1 is 0.889 bits per heavy atom. The lowest BCUT2D eigenvalue weighted by molar-refractivity contribution is -0.143. The van der Waals surface area contributed by atoms with E-state index in [9.17, 15) is 9.59 Å². The number of rotatable bonds is 11. The van der Waals surface area contributed by atoms with E-state index >= 15 is 0 Å². The molecule has 8 nitrogen and oxygen atoms in total. The number of aliphatic imine (C=N–C) groups is 1. The molecule has 4 aliphatic rings. The number of hydrogen-bond acceptors (Lipinski definition) is 4. The van der Waals surface area contributed by atoms with Crippen LogP contribution in [0.3, 0.4) is 0 Å². The Hall–Kier alpha value is -2.61. The summed E-state index contributed by atoms with van der Waals surface area (Å²) in [6.07, 6.45) is 11.5. The van der Waals surface area contributed by atoms with Crippen molar-refractivity contribution in [1.29, 1.82) is 0 Å². The summed E-state index contributed by atoms with van der Waals surface area (Å²) in [7, 11) is 1.86. The van der Waals surface area contributed by atoms with Crippen LogP contribution in [0.1, 0.15) is 88.2 Å². The summed E-state index contributed by atoms with van der Waals surface area (Å²) in [6, 6.07) is 8.75. The first kappa shape index (κ1) is 26.5. The average molecular weight is 498 g/mol. The number of hydrogen-bond donors (Lipinski definition) is 4. The van der Waals surface area contributed by atoms with Gasteiger partial charge in [0.05, 0.1) is 5.60 Å². The van der Waals surface area contributed by atoms with Gasteiger partial charge in [-0.2, -0.15) is 0 Å². The van der Waals surface area contributed by atoms with Crippen LogP contribution in [0.2, 0.25) is 0 Å². The summed E-state index contributed by atoms with van der Waals surface area (Å²) < 4.78 is 5.85. The van der Waals surface area contributed by atoms with Crippen LogP contribution in [-0.4, -0.2) is 43.6 Å². The van der Waals surface area contributed by atoms with Crippen LogP contribution < -0.4 is 22.1 Å². The highest BCUT2D eigenvalue weighted by molar-refractivity contribution is 6.05. The lowest BCUT2D eigenvalue weighted by atomic mass is 9.56. The van der Waals surface area contributed by atoms with Gasteiger partial charge in [-0.25, -0.2) is 0 Å². The van der Waals surface area contributed by atoms with Gasteiger partial charge < -0.3 is 26.8 Å². The van der Waals surface area contributed by atoms with E-state index in [1.54, 1.807) is 0 Å². The second-order valence-electron chi connectivity index (χ2n) is 11.1. The number of unbranched alkanes of at least 4 members (excludes halogenated alkanes) is 1. The number of nitrogens with one attached hydrogen (secondary N) is 2. The molecule has 0 heterocycles. The van der Waals surface area contributed by atoms with E-state index in [1.807, 2.05) is 7.11 Å². The molecule has 198 valence electrons. The monoisotopic (exact) mass is 497 g/mol. The van der Waals surface area contributed by atoms with E-state index in [2.05, 4.69) is 39.9 Å². The SMILES string of the molecule is COC12CCC(c3ccc(CNC(=O)C4(C(=O)NCCCCN=C(N)N)CCCC4)cc3)(CC1)CC2. The molecule has 0 atom stereocenters. The van der Waals surface area contributed by atoms with Crippen molar-refractivity contribution >= 4 is 17.8 Å². The molecule has 4 fully saturated rings. The smallest absolute Gasteiger partial charge is 0.235 e. The molecular weight excluding hydrogens is 454 g/mol. The van der Waals surface area contributed by atoms with Crippen molar-refractivity contribution in [3.05, 3.63) is 35.4 Å². The highest BCUT2D eigenvalue weighted by Gasteiger charge is 2.50. The number of carbonyl (C=O) groups is 2. The second kappa shape index (κ2) is 11.2. The molecule has 0 unspecified atom stereocenters. The summed E-state index contributed by atoms with van der Waals surface area (Å²) >= 11 is 0. The Morgan fingerprint density at radius 2 is 1.50 bits per heavy atom. The quantitative estimate of drug-likeness (QED) is 0.161. The fourth-order valence-corrected chi connectivity index (χ4v) is 6.57. The molecule has 5 rings (SSSR count). The minimum Gasteiger partial charge on any atom is -0.378 e. The zero-order chi connectivity index (χ0) is 25.7. The number of ether oxygens (including phenoxy) is 1. The maximum atomic E-state index is 13.2. The second-order valence-corrected chi connectivity index (χ2v) is 11.1. The molecule has 6 N–H and O–H groups in total. The fourth-order valence-electron chi connectivity index (χ4n) is 6.57. The van der Waals surface area contributed by atoms with Crippen molar-refractivity contribution in [2.75, 3.05) is 20.2 Å². The summed E-state index contributed by atoms with van der Waals surface area (Å²) in [4.78, 5) is 30.2. The Balaban J connectivity index is 1.29. The molecule has 1 aromatic rings. The van der Waals surface area contributed by atoms with Gasteiger partial charge in [0.25, 0.3) is 0 Å². The number of nitrogens with zero attached hydrogens (tertiary/aromatic N) is 1. The third-order valence-corrected chi connectivity index (χ3v) is 9.12. The number of guanidine groups is 1. The number of fused-ring (bicyclic) bond motifs is 3. The highest BCUT2D eigenvalue weighted by atomic mass is 16.5. The van der Waals surface area contributed by atoms with Gasteiger partial charge in [0, 0.05) is 26.7 Å². The number of amides is 2. The van der Waals surface area contributed by atoms with Crippen LogP contribution in [0.4, 0.5) is 0 Å². The Morgan fingerprint density at radius 3 is 2.08 bits per heavy atom. The van der Waals surface area contributed by atoms with Gasteiger partial charge in [0.1, 0.15) is 5.41 Å². The maximum Gasteiger partial charge on any atom is 0.235 e. The number of carbonyl (C=O) groups excluding carboxylic acids is 2. The van der Waals surface area contributed by atoms with Crippen molar-refractivity contribution in [2.24, 2.45) is 21.9 Å². The molecule has 4 saturated carbocycles. The standard InChI is InChI=1S/C28H43N5O3/c1-36-27-15-12-26(13-16-27,14-17-27)22-8-6-21(7-9-22)20-33-24(35)28(10-2-3-11-28)23(34)31-18-4-5-19-32-25(29)30/h6-9H,2-5,10-20H2,1H3,(H,31,34)(H,33,35)(H4,29,30,32). The van der Waals surface area contributed by atoms with Gasteiger partial charge in [-0.3, -0.25) is 14.6 Å². The van der Waals surface area contributed by atoms with Crippen LogP contribution in [0.15, 0.2) is 29.3 Å². The van der Waals surface area contributed by atoms with Crippen LogP contribution in [0.5, 0.6) is 0 Å². The van der Waals surface area contributed by atoms with Crippen molar-refractivity contribution < 1.29 is 14.3 Å². The zero-order valence-corrected chi connectivity index (χ0v) is 21.7. The molecular formula is C28H43N5O3. The minimum atomic E-state index is -0.962. The normalized spacial score (nSPS) is 26.4. The van der Waals surface area contributed by atoms with Gasteiger partial charge in [-0.1, -0.05) is 37.1 Å². The number of benzene rings is 1. The minimum absolute atomic E-state index is 0.0797. The van der Waals surface area contributed by atoms with Gasteiger partial charge in [-0.15, -0.1) is 0 Å². The lowest BCUT2D eigenvalue weighted by Crippen LogP contribution is -2.50. The molecule has 0 saturated heterocycles. The predicted molar refractivity (Wildman–Crippen MR) is 141 cm³/mol. The molecule has 0 radical (unpaired) electrons. The van der Waals surface area contributed by atoms with E-state index < -0.39 is 5.41 Å². The molecule has 4 aliphatic carbocycles. The van der Waals surface area contributed by atoms with Crippen LogP contribution in [0, 0.1) is 5.41 Å². The van der Waals surface area contributed by atoms with Gasteiger partial charge in [-0.05, 0) is 80.8 Å². The van der Waals surface area contributed by atoms with Crippen molar-refractivity contribution in [2.45, 2.75) is 94.6 Å². The zero-order valence-electron chi connectivity index (χ0n) is 21.7. The topological polar surface area (TPSA) is 132 Å². The first-order valence-corrected chi connectivity index (χ1v) is 13.6. The van der Waals surface area contributed by atoms with Gasteiger partial charge >= 0.3 is 0 Å². The van der Waals surface area contributed by atoms with Gasteiger partial charge in [0.2, 0.25) is 11.8 Å². The summed E-state index contributed by atoms with van der Waals surface area (Å²) in [5.74, 6) is -0.234. The van der Waals surface area contributed by atoms with E-state index in [0.717, 1.165) is 50.5 Å². The van der Waals surface area contributed by atoms with Crippen molar-refractivity contribution in [1.82, 2.24) is 10.6 Å². The molecule has 0 spiro atoms. The third-order valence-electron chi connectivity index (χ3n) is 9.12. The van der Waals surface area contributed by atoms with E-state index in [1.165, 1.54) is 24.8 Å². The number of nitrogens with two attached hydrogens (primary N) is 2. The maximum absolute atomic E-state index is 13.2. The summed E-state index contributed by atoms with van der Waals surface area (Å²) in [6.45, 7) is 1.49. The summed E-state index contributed by atoms with van der Waals surface area (Å²) in [5.41, 5.74) is 12.6. The van der Waals surface area contributed by atoms with E-state index in [0.29, 0.717) is 32.5 Å². The predicted octanol–water partition coefficient (Wildman–Crippen LogP) is 3.02. The Kier molecular flexibility index (Phi) is 8.23. The molecule has 2 bridgehead atoms. The first-order chi connectivity index (χ1) is 17.3. The highest BCUT2D eigenvalue weighted by Crippen LogP contribution is 2.54. The summed E-state index contributed by atoms with van der Waals surface area (Å²) in [5, 5.41) is 6.04. The average Bonchev–Trinajstić information content (AvgIpc) is 3.42. The third kappa shape index (κ3) is 5.53. The van der Waals surface area contributed by atoms with Crippen LogP contribution >= 0.6 is 0 Å². The van der Waals surface area contributed by atoms with Crippen LogP contribution in [0.25, 0.3) is 0 Å². The van der Waals surface area contributed by atoms with E-state index in [-0.39, 0.29) is 28.8 Å². The van der Waals surface area contributed by atoms with E-state index in [4.69, 9.17) is 16.2 Å². The molecule has 1 aromatic carbocycles. The Labute approximate surface area is 215 Å². The molecule has 2 amide bonds. The largest absolute Gasteiger partial charge is 0.378 e. The van der Waals surface area contributed by atoms with Crippen molar-refractivity contribution in [3.8, 4) is 0 Å². The molecule has 8 heteroatoms. The fraction of sp³-hybridized carbons (Fsp3) is 0.679. The first-order valence-electron chi connectivity index (χ1n) is 13.6. The van der Waals surface area contributed by atoms with Crippen molar-refractivity contribution in [3.63, 3.8) is 0 Å². The molecule has 0 aromatic heterocycles. The van der Waals surface area contributed by atoms with Crippen LogP contribution in [-0.2, 0) is 26.3 Å². The Bertz CT molecular complexity index is 924. The lowest BCUT2D eigenvalue weighted by Gasteiger charge is -2.53. The molecule has 36 heavy (non-hydrogen) atoms. The number of methoxy groups -OCH3 is 1. The molecule has 0 aliphatic heterocycles.